The third-order valence-corrected chi connectivity index (χ3v) is 10.1. The molecule has 0 unspecified atom stereocenters. The fourth-order valence-electron chi connectivity index (χ4n) is 5.61. The van der Waals surface area contributed by atoms with Crippen molar-refractivity contribution >= 4 is 27.6 Å². The van der Waals surface area contributed by atoms with Crippen LogP contribution in [-0.4, -0.2) is 60.7 Å². The lowest BCUT2D eigenvalue weighted by Crippen LogP contribution is -2.47. The molecule has 3 N–H and O–H groups in total. The summed E-state index contributed by atoms with van der Waals surface area (Å²) in [5, 5.41) is 23.1. The van der Waals surface area contributed by atoms with Crippen molar-refractivity contribution in [3.63, 3.8) is 0 Å². The number of aliphatic carboxylic acids is 1. The lowest BCUT2D eigenvalue weighted by Gasteiger charge is -2.31. The molecule has 0 aliphatic heterocycles. The first-order valence-electron chi connectivity index (χ1n) is 13.9. The van der Waals surface area contributed by atoms with Crippen molar-refractivity contribution in [1.29, 1.82) is 0 Å². The maximum Gasteiger partial charge on any atom is 0.303 e. The Kier molecular flexibility index (Phi) is 9.93. The molecule has 7 nitrogen and oxygen atoms in total. The van der Waals surface area contributed by atoms with E-state index in [4.69, 9.17) is 16.7 Å². The van der Waals surface area contributed by atoms with E-state index in [2.05, 4.69) is 43.4 Å². The second kappa shape index (κ2) is 13.0. The van der Waals surface area contributed by atoms with Crippen LogP contribution in [0.5, 0.6) is 0 Å². The molecular weight excluding hydrogens is 560 g/mol. The highest BCUT2D eigenvalue weighted by molar-refractivity contribution is 7.89. The van der Waals surface area contributed by atoms with E-state index in [-0.39, 0.29) is 35.0 Å². The number of nitrogens with zero attached hydrogens (tertiary/aromatic N) is 1. The average molecular weight is 599 g/mol. The fraction of sp³-hybridized carbons (Fsp3) is 0.406. The highest BCUT2D eigenvalue weighted by atomic mass is 35.5. The first-order chi connectivity index (χ1) is 19.3. The summed E-state index contributed by atoms with van der Waals surface area (Å²) in [5.41, 5.74) is 5.12. The minimum Gasteiger partial charge on any atom is -0.481 e. The van der Waals surface area contributed by atoms with Crippen LogP contribution in [0.1, 0.15) is 43.4 Å². The van der Waals surface area contributed by atoms with E-state index in [9.17, 15) is 18.3 Å². The van der Waals surface area contributed by atoms with Gasteiger partial charge in [0.15, 0.2) is 0 Å². The third kappa shape index (κ3) is 8.17. The number of likely N-dealkylation sites (N-methyl/N-ethyl adjacent to an activating group) is 1. The van der Waals surface area contributed by atoms with E-state index in [1.807, 2.05) is 24.3 Å². The number of carboxylic acids is 1. The van der Waals surface area contributed by atoms with E-state index in [1.54, 1.807) is 12.1 Å². The van der Waals surface area contributed by atoms with E-state index >= 15 is 0 Å². The zero-order chi connectivity index (χ0) is 29.8. The summed E-state index contributed by atoms with van der Waals surface area (Å²) in [4.78, 5) is 10.8. The highest BCUT2D eigenvalue weighted by Gasteiger charge is 2.30. The molecule has 3 aromatic rings. The van der Waals surface area contributed by atoms with Crippen molar-refractivity contribution in [1.82, 2.24) is 9.62 Å². The van der Waals surface area contributed by atoms with Gasteiger partial charge in [-0.25, -0.2) is 8.42 Å². The van der Waals surface area contributed by atoms with Gasteiger partial charge >= 0.3 is 5.97 Å². The molecule has 0 fully saturated rings. The first-order valence-corrected chi connectivity index (χ1v) is 15.7. The molecular formula is C32H39ClN2O5S. The number of benzene rings is 3. The van der Waals surface area contributed by atoms with Gasteiger partial charge in [0.05, 0.1) is 11.1 Å². The largest absolute Gasteiger partial charge is 0.481 e. The summed E-state index contributed by atoms with van der Waals surface area (Å²) in [5.74, 6) is -0.309. The molecule has 1 atom stereocenters. The second-order valence-electron chi connectivity index (χ2n) is 11.7. The molecule has 4 rings (SSSR count). The van der Waals surface area contributed by atoms with Gasteiger partial charge in [-0.1, -0.05) is 66.2 Å². The molecule has 1 aliphatic rings. The summed E-state index contributed by atoms with van der Waals surface area (Å²) in [7, 11) is -2.49. The molecule has 0 saturated heterocycles. The summed E-state index contributed by atoms with van der Waals surface area (Å²) in [6.07, 6.45) is 2.67. The number of aliphatic hydroxyl groups is 1. The highest BCUT2D eigenvalue weighted by Crippen LogP contribution is 2.32. The van der Waals surface area contributed by atoms with Gasteiger partial charge in [-0.2, -0.15) is 4.31 Å². The maximum atomic E-state index is 13.3. The number of sulfonamides is 1. The number of hydrogen-bond donors (Lipinski definition) is 3. The topological polar surface area (TPSA) is 107 Å². The molecule has 0 aromatic heterocycles. The van der Waals surface area contributed by atoms with Gasteiger partial charge in [0.25, 0.3) is 0 Å². The number of aliphatic hydroxyl groups excluding tert-OH is 1. The van der Waals surface area contributed by atoms with E-state index < -0.39 is 22.1 Å². The number of β-amino-alcohol motifs (C(OH)–C–C–N with tert-alkyl or cyclic N) is 1. The zero-order valence-electron chi connectivity index (χ0n) is 23.8. The Balaban J connectivity index is 1.32. The number of carboxylic acid groups (broad SMARTS) is 1. The van der Waals surface area contributed by atoms with Crippen LogP contribution in [0.4, 0.5) is 0 Å². The number of aryl methyl sites for hydroxylation is 1. The minimum absolute atomic E-state index is 0.0233. The Morgan fingerprint density at radius 2 is 1.66 bits per heavy atom. The maximum absolute atomic E-state index is 13.3. The Morgan fingerprint density at radius 1 is 1.05 bits per heavy atom. The SMILES string of the molecule is CN(C[C@H](O)CNC(C)(C)CC1Cc2ccccc2C1)S(=O)(=O)c1ccc(-c2ccc(CCC(=O)O)cc2)cc1Cl. The molecule has 0 amide bonds. The normalized spacial score (nSPS) is 14.8. The molecule has 1 aliphatic carbocycles. The van der Waals surface area contributed by atoms with Crippen LogP contribution in [0.3, 0.4) is 0 Å². The second-order valence-corrected chi connectivity index (χ2v) is 14.1. The predicted octanol–water partition coefficient (Wildman–Crippen LogP) is 5.18. The third-order valence-electron chi connectivity index (χ3n) is 7.75. The van der Waals surface area contributed by atoms with Crippen molar-refractivity contribution in [2.45, 2.75) is 62.5 Å². The number of nitrogens with one attached hydrogen (secondary N) is 1. The number of halogens is 1. The molecule has 220 valence electrons. The monoisotopic (exact) mass is 598 g/mol. The fourth-order valence-corrected chi connectivity index (χ4v) is 7.34. The van der Waals surface area contributed by atoms with Crippen molar-refractivity contribution in [2.24, 2.45) is 5.92 Å². The molecule has 0 radical (unpaired) electrons. The van der Waals surface area contributed by atoms with E-state index in [1.165, 1.54) is 24.2 Å². The summed E-state index contributed by atoms with van der Waals surface area (Å²) in [6.45, 7) is 4.43. The van der Waals surface area contributed by atoms with Crippen molar-refractivity contribution in [3.05, 3.63) is 88.4 Å². The van der Waals surface area contributed by atoms with Gasteiger partial charge in [0.1, 0.15) is 4.90 Å². The summed E-state index contributed by atoms with van der Waals surface area (Å²) in [6, 6.07) is 20.8. The zero-order valence-corrected chi connectivity index (χ0v) is 25.4. The van der Waals surface area contributed by atoms with Gasteiger partial charge in [-0.15, -0.1) is 0 Å². The first kappa shape index (κ1) is 31.2. The van der Waals surface area contributed by atoms with Gasteiger partial charge in [0.2, 0.25) is 10.0 Å². The van der Waals surface area contributed by atoms with Gasteiger partial charge in [0, 0.05) is 32.1 Å². The van der Waals surface area contributed by atoms with Crippen LogP contribution in [0, 0.1) is 5.92 Å². The molecule has 41 heavy (non-hydrogen) atoms. The number of rotatable bonds is 13. The Hall–Kier alpha value is -2.75. The van der Waals surface area contributed by atoms with Crippen molar-refractivity contribution in [3.8, 4) is 11.1 Å². The lowest BCUT2D eigenvalue weighted by atomic mass is 9.88. The van der Waals surface area contributed by atoms with Gasteiger partial charge in [-0.05, 0) is 85.4 Å². The van der Waals surface area contributed by atoms with Crippen LogP contribution >= 0.6 is 11.6 Å². The molecule has 3 aromatic carbocycles. The molecule has 0 saturated carbocycles. The number of hydrogen-bond acceptors (Lipinski definition) is 5. The molecule has 0 spiro atoms. The minimum atomic E-state index is -3.93. The molecule has 0 bridgehead atoms. The smallest absolute Gasteiger partial charge is 0.303 e. The van der Waals surface area contributed by atoms with Crippen molar-refractivity contribution in [2.75, 3.05) is 20.1 Å². The lowest BCUT2D eigenvalue weighted by molar-refractivity contribution is -0.136. The Bertz CT molecular complexity index is 1450. The molecule has 0 heterocycles. The Labute approximate surface area is 248 Å². The summed E-state index contributed by atoms with van der Waals surface area (Å²) < 4.78 is 27.8. The standard InChI is InChI=1S/C32H39ClN2O5S/c1-32(2,19-23-16-25-6-4-5-7-26(25)17-23)34-20-28(36)21-35(3)41(39,40)30-14-13-27(18-29(30)33)24-11-8-22(9-12-24)10-15-31(37)38/h4-9,11-14,18,23,28,34,36H,10,15-17,19-21H2,1-3H3,(H,37,38)/t28-/m1/s1. The van der Waals surface area contributed by atoms with Crippen molar-refractivity contribution < 1.29 is 23.4 Å². The van der Waals surface area contributed by atoms with Gasteiger partial charge < -0.3 is 15.5 Å². The van der Waals surface area contributed by atoms with Crippen LogP contribution in [0.25, 0.3) is 11.1 Å². The van der Waals surface area contributed by atoms with E-state index in [0.29, 0.717) is 12.3 Å². The van der Waals surface area contributed by atoms with Crippen LogP contribution in [-0.2, 0) is 34.1 Å². The van der Waals surface area contributed by atoms with Gasteiger partial charge in [-0.3, -0.25) is 4.79 Å². The van der Waals surface area contributed by atoms with Crippen LogP contribution in [0.2, 0.25) is 5.02 Å². The predicted molar refractivity (Wildman–Crippen MR) is 163 cm³/mol. The number of fused-ring (bicyclic) bond motifs is 1. The quantitative estimate of drug-likeness (QED) is 0.250. The Morgan fingerprint density at radius 3 is 2.24 bits per heavy atom. The molecule has 9 heteroatoms. The van der Waals surface area contributed by atoms with Crippen LogP contribution < -0.4 is 5.32 Å². The summed E-state index contributed by atoms with van der Waals surface area (Å²) >= 11 is 6.45. The average Bonchev–Trinajstić information content (AvgIpc) is 3.32. The van der Waals surface area contributed by atoms with E-state index in [0.717, 1.165) is 40.3 Å². The number of carbonyl (C=O) groups is 1. The van der Waals surface area contributed by atoms with Crippen LogP contribution in [0.15, 0.2) is 71.6 Å².